The third kappa shape index (κ3) is 1.81. The SMILES string of the molecule is Cc1ncn2c1Cn1nc(C(C)O)nc1-c1c(Cl)cccc1-2. The van der Waals surface area contributed by atoms with Crippen LogP contribution in [0.4, 0.5) is 0 Å². The summed E-state index contributed by atoms with van der Waals surface area (Å²) in [4.78, 5) is 8.88. The van der Waals surface area contributed by atoms with Gasteiger partial charge in [-0.3, -0.25) is 0 Å². The van der Waals surface area contributed by atoms with Crippen molar-refractivity contribution in [3.05, 3.63) is 46.8 Å². The highest BCUT2D eigenvalue weighted by Crippen LogP contribution is 2.36. The number of benzene rings is 1. The Balaban J connectivity index is 2.08. The van der Waals surface area contributed by atoms with Crippen LogP contribution in [0.5, 0.6) is 0 Å². The molecule has 6 nitrogen and oxygen atoms in total. The summed E-state index contributed by atoms with van der Waals surface area (Å²) in [5.41, 5.74) is 3.70. The molecule has 3 heterocycles. The van der Waals surface area contributed by atoms with Crippen molar-refractivity contribution in [2.75, 3.05) is 0 Å². The van der Waals surface area contributed by atoms with E-state index in [0.29, 0.717) is 23.2 Å². The molecule has 0 spiro atoms. The molecule has 0 saturated carbocycles. The van der Waals surface area contributed by atoms with Gasteiger partial charge in [-0.2, -0.15) is 5.10 Å². The lowest BCUT2D eigenvalue weighted by Gasteiger charge is -2.09. The zero-order valence-corrected chi connectivity index (χ0v) is 12.9. The average molecular weight is 316 g/mol. The molecule has 1 atom stereocenters. The molecule has 0 amide bonds. The number of hydrogen-bond donors (Lipinski definition) is 1. The number of hydrogen-bond acceptors (Lipinski definition) is 4. The summed E-state index contributed by atoms with van der Waals surface area (Å²) in [6.07, 6.45) is 1.07. The van der Waals surface area contributed by atoms with E-state index in [0.717, 1.165) is 22.6 Å². The Labute approximate surface area is 132 Å². The second-order valence-corrected chi connectivity index (χ2v) is 5.82. The molecule has 0 fully saturated rings. The average Bonchev–Trinajstić information content (AvgIpc) is 3.01. The summed E-state index contributed by atoms with van der Waals surface area (Å²) in [6, 6.07) is 5.72. The van der Waals surface area contributed by atoms with Crippen LogP contribution in [0.3, 0.4) is 0 Å². The monoisotopic (exact) mass is 315 g/mol. The maximum atomic E-state index is 9.78. The second kappa shape index (κ2) is 4.66. The van der Waals surface area contributed by atoms with Crippen LogP contribution in [0.1, 0.15) is 30.2 Å². The molecule has 22 heavy (non-hydrogen) atoms. The van der Waals surface area contributed by atoms with E-state index in [1.165, 1.54) is 0 Å². The van der Waals surface area contributed by atoms with Gasteiger partial charge in [0.2, 0.25) is 0 Å². The van der Waals surface area contributed by atoms with Crippen molar-refractivity contribution in [1.29, 1.82) is 0 Å². The van der Waals surface area contributed by atoms with Gasteiger partial charge in [0.1, 0.15) is 6.10 Å². The molecule has 1 aliphatic heterocycles. The zero-order chi connectivity index (χ0) is 15.4. The van der Waals surface area contributed by atoms with Crippen LogP contribution in [-0.4, -0.2) is 29.4 Å². The van der Waals surface area contributed by atoms with Crippen molar-refractivity contribution >= 4 is 11.6 Å². The highest BCUT2D eigenvalue weighted by atomic mass is 35.5. The normalized spacial score (nSPS) is 14.0. The minimum atomic E-state index is -0.726. The number of rotatable bonds is 1. The van der Waals surface area contributed by atoms with E-state index < -0.39 is 6.10 Å². The first-order valence-electron chi connectivity index (χ1n) is 7.01. The van der Waals surface area contributed by atoms with Gasteiger partial charge in [0, 0.05) is 0 Å². The van der Waals surface area contributed by atoms with Crippen molar-refractivity contribution in [1.82, 2.24) is 24.3 Å². The van der Waals surface area contributed by atoms with Crippen molar-refractivity contribution in [2.45, 2.75) is 26.5 Å². The van der Waals surface area contributed by atoms with Gasteiger partial charge in [-0.1, -0.05) is 17.7 Å². The van der Waals surface area contributed by atoms with Crippen LogP contribution in [0.2, 0.25) is 5.02 Å². The van der Waals surface area contributed by atoms with E-state index in [9.17, 15) is 5.11 Å². The van der Waals surface area contributed by atoms with E-state index in [1.807, 2.05) is 29.7 Å². The molecule has 1 aromatic carbocycles. The molecule has 2 aromatic heterocycles. The fourth-order valence-corrected chi connectivity index (χ4v) is 3.02. The fraction of sp³-hybridized carbons (Fsp3) is 0.267. The number of aliphatic hydroxyl groups is 1. The van der Waals surface area contributed by atoms with Gasteiger partial charge in [-0.05, 0) is 26.0 Å². The predicted octanol–water partition coefficient (Wildman–Crippen LogP) is 2.51. The summed E-state index contributed by atoms with van der Waals surface area (Å²) in [7, 11) is 0. The summed E-state index contributed by atoms with van der Waals surface area (Å²) < 4.78 is 3.80. The van der Waals surface area contributed by atoms with Crippen LogP contribution in [0.25, 0.3) is 17.1 Å². The summed E-state index contributed by atoms with van der Waals surface area (Å²) in [5, 5.41) is 14.8. The number of fused-ring (bicyclic) bond motifs is 5. The molecule has 0 saturated heterocycles. The molecule has 0 bridgehead atoms. The summed E-state index contributed by atoms with van der Waals surface area (Å²) >= 11 is 6.43. The smallest absolute Gasteiger partial charge is 0.179 e. The van der Waals surface area contributed by atoms with Gasteiger partial charge in [0.05, 0.1) is 40.5 Å². The molecule has 112 valence electrons. The molecule has 1 aliphatic rings. The number of aryl methyl sites for hydroxylation is 1. The molecule has 4 rings (SSSR count). The van der Waals surface area contributed by atoms with Crippen LogP contribution >= 0.6 is 11.6 Å². The van der Waals surface area contributed by atoms with Crippen molar-refractivity contribution in [2.24, 2.45) is 0 Å². The lowest BCUT2D eigenvalue weighted by atomic mass is 10.1. The Kier molecular flexibility index (Phi) is 2.85. The van der Waals surface area contributed by atoms with Gasteiger partial charge >= 0.3 is 0 Å². The lowest BCUT2D eigenvalue weighted by molar-refractivity contribution is 0.188. The summed E-state index contributed by atoms with van der Waals surface area (Å²) in [6.45, 7) is 4.15. The lowest BCUT2D eigenvalue weighted by Crippen LogP contribution is -2.06. The minimum Gasteiger partial charge on any atom is -0.385 e. The molecule has 0 aliphatic carbocycles. The van der Waals surface area contributed by atoms with E-state index in [1.54, 1.807) is 17.9 Å². The third-order valence-corrected chi connectivity index (χ3v) is 4.23. The predicted molar refractivity (Wildman–Crippen MR) is 82.1 cm³/mol. The molecular formula is C15H14ClN5O. The first kappa shape index (κ1) is 13.5. The Morgan fingerprint density at radius 2 is 2.18 bits per heavy atom. The number of nitrogens with zero attached hydrogens (tertiary/aromatic N) is 5. The van der Waals surface area contributed by atoms with E-state index in [2.05, 4.69) is 15.1 Å². The van der Waals surface area contributed by atoms with E-state index >= 15 is 0 Å². The highest BCUT2D eigenvalue weighted by Gasteiger charge is 2.26. The number of aromatic nitrogens is 5. The van der Waals surface area contributed by atoms with Crippen LogP contribution in [-0.2, 0) is 6.54 Å². The van der Waals surface area contributed by atoms with Crippen LogP contribution in [0, 0.1) is 6.92 Å². The molecule has 3 aromatic rings. The topological polar surface area (TPSA) is 68.8 Å². The Morgan fingerprint density at radius 1 is 1.36 bits per heavy atom. The number of aliphatic hydroxyl groups excluding tert-OH is 1. The van der Waals surface area contributed by atoms with Gasteiger partial charge in [-0.25, -0.2) is 14.6 Å². The number of imidazole rings is 1. The minimum absolute atomic E-state index is 0.395. The second-order valence-electron chi connectivity index (χ2n) is 5.41. The standard InChI is InChI=1S/C15H14ClN5O/c1-8-12-6-21-15(18-14(19-21)9(2)22)13-10(16)4-3-5-11(13)20(12)7-17-8/h3-5,7,9,22H,6H2,1-2H3. The number of halogens is 1. The molecule has 7 heteroatoms. The van der Waals surface area contributed by atoms with Gasteiger partial charge in [0.15, 0.2) is 11.6 Å². The van der Waals surface area contributed by atoms with Gasteiger partial charge < -0.3 is 9.67 Å². The van der Waals surface area contributed by atoms with Crippen molar-refractivity contribution in [3.63, 3.8) is 0 Å². The van der Waals surface area contributed by atoms with Crippen LogP contribution < -0.4 is 0 Å². The maximum absolute atomic E-state index is 9.78. The Morgan fingerprint density at radius 3 is 2.95 bits per heavy atom. The van der Waals surface area contributed by atoms with Crippen LogP contribution in [0.15, 0.2) is 24.5 Å². The first-order chi connectivity index (χ1) is 10.6. The fourth-order valence-electron chi connectivity index (χ4n) is 2.77. The molecular weight excluding hydrogens is 302 g/mol. The Bertz CT molecular complexity index is 880. The van der Waals surface area contributed by atoms with E-state index in [4.69, 9.17) is 11.6 Å². The van der Waals surface area contributed by atoms with Gasteiger partial charge in [0.25, 0.3) is 0 Å². The molecule has 1 unspecified atom stereocenters. The van der Waals surface area contributed by atoms with E-state index in [-0.39, 0.29) is 0 Å². The Hall–Kier alpha value is -2.18. The van der Waals surface area contributed by atoms with Gasteiger partial charge in [-0.15, -0.1) is 0 Å². The van der Waals surface area contributed by atoms with Crippen molar-refractivity contribution in [3.8, 4) is 17.1 Å². The largest absolute Gasteiger partial charge is 0.385 e. The first-order valence-corrected chi connectivity index (χ1v) is 7.39. The quantitative estimate of drug-likeness (QED) is 0.586. The maximum Gasteiger partial charge on any atom is 0.179 e. The molecule has 0 radical (unpaired) electrons. The summed E-state index contributed by atoms with van der Waals surface area (Å²) in [5.74, 6) is 1.06. The zero-order valence-electron chi connectivity index (χ0n) is 12.2. The molecule has 1 N–H and O–H groups in total. The third-order valence-electron chi connectivity index (χ3n) is 3.91. The van der Waals surface area contributed by atoms with Crippen molar-refractivity contribution < 1.29 is 5.11 Å². The highest BCUT2D eigenvalue weighted by molar-refractivity contribution is 6.33.